The predicted octanol–water partition coefficient (Wildman–Crippen LogP) is 6.96. The summed E-state index contributed by atoms with van der Waals surface area (Å²) in [6.07, 6.45) is 9.41. The molecule has 0 unspecified atom stereocenters. The van der Waals surface area contributed by atoms with E-state index in [9.17, 15) is 18.0 Å². The maximum Gasteiger partial charge on any atom is 0.349 e. The van der Waals surface area contributed by atoms with Crippen LogP contribution in [0, 0.1) is 40.6 Å². The van der Waals surface area contributed by atoms with Crippen LogP contribution in [0.4, 0.5) is 13.2 Å². The molecule has 2 aromatic rings. The summed E-state index contributed by atoms with van der Waals surface area (Å²) in [7, 11) is 0. The van der Waals surface area contributed by atoms with Crippen LogP contribution in [-0.4, -0.2) is 12.6 Å². The van der Waals surface area contributed by atoms with Crippen LogP contribution in [0.2, 0.25) is 0 Å². The van der Waals surface area contributed by atoms with Crippen molar-refractivity contribution in [3.05, 3.63) is 58.9 Å². The van der Waals surface area contributed by atoms with E-state index in [1.807, 2.05) is 0 Å². The fourth-order valence-electron chi connectivity index (χ4n) is 4.22. The summed E-state index contributed by atoms with van der Waals surface area (Å²) in [5.74, 6) is -3.60. The molecule has 4 nitrogen and oxygen atoms in total. The molecule has 33 heavy (non-hydrogen) atoms. The van der Waals surface area contributed by atoms with Crippen molar-refractivity contribution in [1.29, 1.82) is 5.26 Å². The lowest BCUT2D eigenvalue weighted by molar-refractivity contribution is 0.0724. The number of rotatable bonds is 9. The first-order chi connectivity index (χ1) is 15.9. The second-order valence-electron chi connectivity index (χ2n) is 8.60. The summed E-state index contributed by atoms with van der Waals surface area (Å²) < 4.78 is 53.1. The van der Waals surface area contributed by atoms with Crippen LogP contribution in [0.3, 0.4) is 0 Å². The molecule has 0 saturated heterocycles. The smallest absolute Gasteiger partial charge is 0.349 e. The lowest BCUT2D eigenvalue weighted by Crippen LogP contribution is -2.20. The highest BCUT2D eigenvalue weighted by Gasteiger charge is 2.24. The van der Waals surface area contributed by atoms with Crippen LogP contribution >= 0.6 is 0 Å². The third-order valence-electron chi connectivity index (χ3n) is 6.16. The van der Waals surface area contributed by atoms with E-state index in [4.69, 9.17) is 14.7 Å². The number of carbonyl (C=O) groups is 1. The Labute approximate surface area is 192 Å². The number of nitriles is 1. The number of esters is 1. The highest BCUT2D eigenvalue weighted by atomic mass is 19.1. The summed E-state index contributed by atoms with van der Waals surface area (Å²) in [5, 5.41) is 8.74. The Bertz CT molecular complexity index is 987. The Hall–Kier alpha value is -3.01. The van der Waals surface area contributed by atoms with E-state index < -0.39 is 29.0 Å². The number of ether oxygens (including phenoxy) is 2. The van der Waals surface area contributed by atoms with Crippen molar-refractivity contribution in [2.24, 2.45) is 11.8 Å². The number of nitrogens with zero attached hydrogens (tertiary/aromatic N) is 1. The van der Waals surface area contributed by atoms with Crippen molar-refractivity contribution in [2.45, 2.75) is 58.3 Å². The highest BCUT2D eigenvalue weighted by molar-refractivity contribution is 5.91. The Kier molecular flexibility index (Phi) is 8.76. The highest BCUT2D eigenvalue weighted by Crippen LogP contribution is 2.33. The molecule has 0 radical (unpaired) electrons. The molecule has 0 aromatic heterocycles. The van der Waals surface area contributed by atoms with Crippen molar-refractivity contribution in [2.75, 3.05) is 6.61 Å². The minimum Gasteiger partial charge on any atom is -0.493 e. The van der Waals surface area contributed by atoms with Gasteiger partial charge >= 0.3 is 5.97 Å². The molecule has 7 heteroatoms. The van der Waals surface area contributed by atoms with Gasteiger partial charge in [0.15, 0.2) is 0 Å². The molecular weight excluding hydrogens is 431 g/mol. The molecular formula is C26H28F3NO3. The molecule has 0 bridgehead atoms. The Morgan fingerprint density at radius 3 is 2.21 bits per heavy atom. The number of unbranched alkanes of at least 4 members (excludes halogenated alkanes) is 2. The third-order valence-corrected chi connectivity index (χ3v) is 6.16. The van der Waals surface area contributed by atoms with Crippen LogP contribution in [0.25, 0.3) is 0 Å². The topological polar surface area (TPSA) is 59.3 Å². The van der Waals surface area contributed by atoms with E-state index in [2.05, 4.69) is 6.92 Å². The van der Waals surface area contributed by atoms with Crippen molar-refractivity contribution in [1.82, 2.24) is 0 Å². The Morgan fingerprint density at radius 1 is 0.970 bits per heavy atom. The van der Waals surface area contributed by atoms with E-state index >= 15 is 0 Å². The van der Waals surface area contributed by atoms with Crippen molar-refractivity contribution >= 4 is 5.97 Å². The van der Waals surface area contributed by atoms with Gasteiger partial charge in [0.25, 0.3) is 0 Å². The van der Waals surface area contributed by atoms with E-state index in [-0.39, 0.29) is 17.1 Å². The van der Waals surface area contributed by atoms with Gasteiger partial charge in [-0.05, 0) is 36.8 Å². The molecule has 1 fully saturated rings. The predicted molar refractivity (Wildman–Crippen MR) is 118 cm³/mol. The minimum atomic E-state index is -1.30. The van der Waals surface area contributed by atoms with Crippen LogP contribution in [0.1, 0.15) is 74.2 Å². The van der Waals surface area contributed by atoms with Gasteiger partial charge in [-0.15, -0.1) is 0 Å². The van der Waals surface area contributed by atoms with E-state index in [0.29, 0.717) is 12.5 Å². The van der Waals surface area contributed by atoms with Gasteiger partial charge in [-0.2, -0.15) is 5.26 Å². The molecule has 0 heterocycles. The fourth-order valence-corrected chi connectivity index (χ4v) is 4.22. The first-order valence-electron chi connectivity index (χ1n) is 11.4. The lowest BCUT2D eigenvalue weighted by atomic mass is 9.80. The van der Waals surface area contributed by atoms with Crippen LogP contribution in [0.15, 0.2) is 30.3 Å². The number of benzene rings is 2. The summed E-state index contributed by atoms with van der Waals surface area (Å²) in [6, 6.07) is 6.63. The van der Waals surface area contributed by atoms with Gasteiger partial charge in [0, 0.05) is 18.2 Å². The van der Waals surface area contributed by atoms with Gasteiger partial charge in [-0.25, -0.2) is 18.0 Å². The van der Waals surface area contributed by atoms with Gasteiger partial charge in [0.05, 0.1) is 12.2 Å². The first kappa shape index (κ1) is 24.6. The van der Waals surface area contributed by atoms with E-state index in [1.54, 1.807) is 6.07 Å². The van der Waals surface area contributed by atoms with Gasteiger partial charge in [0.1, 0.15) is 40.6 Å². The minimum absolute atomic E-state index is 0.0102. The van der Waals surface area contributed by atoms with Crippen LogP contribution in [0.5, 0.6) is 11.5 Å². The monoisotopic (exact) mass is 459 g/mol. The van der Waals surface area contributed by atoms with Crippen LogP contribution in [-0.2, 0) is 0 Å². The molecule has 3 rings (SSSR count). The zero-order valence-electron chi connectivity index (χ0n) is 18.7. The zero-order chi connectivity index (χ0) is 23.8. The van der Waals surface area contributed by atoms with Crippen molar-refractivity contribution < 1.29 is 27.4 Å². The Morgan fingerprint density at radius 2 is 1.61 bits per heavy atom. The molecule has 0 amide bonds. The quantitative estimate of drug-likeness (QED) is 0.231. The van der Waals surface area contributed by atoms with Gasteiger partial charge < -0.3 is 9.47 Å². The second-order valence-corrected chi connectivity index (χ2v) is 8.60. The molecule has 0 N–H and O–H groups in total. The number of hydrogen-bond acceptors (Lipinski definition) is 4. The fraction of sp³-hybridized carbons (Fsp3) is 0.462. The summed E-state index contributed by atoms with van der Waals surface area (Å²) >= 11 is 0. The molecule has 1 saturated carbocycles. The zero-order valence-corrected chi connectivity index (χ0v) is 18.7. The average Bonchev–Trinajstić information content (AvgIpc) is 2.78. The van der Waals surface area contributed by atoms with E-state index in [0.717, 1.165) is 55.9 Å². The van der Waals surface area contributed by atoms with E-state index in [1.165, 1.54) is 31.7 Å². The molecule has 0 atom stereocenters. The summed E-state index contributed by atoms with van der Waals surface area (Å²) in [6.45, 7) is 2.57. The average molecular weight is 460 g/mol. The van der Waals surface area contributed by atoms with Gasteiger partial charge in [-0.1, -0.05) is 45.4 Å². The maximum absolute atomic E-state index is 14.5. The number of hydrogen-bond donors (Lipinski definition) is 0. The SMILES string of the molecule is CCCCCC1CCC(COc2cc(F)c(C(=O)Oc3ccc(C#N)c(F)c3)c(F)c2)CC1. The molecule has 176 valence electrons. The Balaban J connectivity index is 1.55. The molecule has 1 aliphatic rings. The summed E-state index contributed by atoms with van der Waals surface area (Å²) in [5.41, 5.74) is -1.13. The van der Waals surface area contributed by atoms with Crippen molar-refractivity contribution in [3.8, 4) is 17.6 Å². The standard InChI is InChI=1S/C26H28F3NO3/c1-2-3-4-5-17-6-8-18(9-7-17)16-32-21-13-23(28)25(24(29)14-21)26(31)33-20-11-10-19(15-30)22(27)12-20/h10-14,17-18H,2-9,16H2,1H3. The number of halogens is 3. The third kappa shape index (κ3) is 6.74. The second kappa shape index (κ2) is 11.7. The summed E-state index contributed by atoms with van der Waals surface area (Å²) in [4.78, 5) is 12.2. The van der Waals surface area contributed by atoms with Crippen molar-refractivity contribution in [3.63, 3.8) is 0 Å². The first-order valence-corrected chi connectivity index (χ1v) is 11.4. The molecule has 0 aliphatic heterocycles. The van der Waals surface area contributed by atoms with Gasteiger partial charge in [-0.3, -0.25) is 0 Å². The van der Waals surface area contributed by atoms with Crippen LogP contribution < -0.4 is 9.47 Å². The molecule has 0 spiro atoms. The normalized spacial score (nSPS) is 17.9. The lowest BCUT2D eigenvalue weighted by Gasteiger charge is -2.28. The largest absolute Gasteiger partial charge is 0.493 e. The maximum atomic E-state index is 14.5. The molecule has 2 aromatic carbocycles. The number of carbonyl (C=O) groups excluding carboxylic acids is 1. The van der Waals surface area contributed by atoms with Gasteiger partial charge in [0.2, 0.25) is 0 Å². The molecule has 1 aliphatic carbocycles.